The second-order valence-electron chi connectivity index (χ2n) is 6.15. The van der Waals surface area contributed by atoms with E-state index in [1.165, 1.54) is 12.1 Å². The second kappa shape index (κ2) is 7.35. The molecule has 0 unspecified atom stereocenters. The molecule has 3 rings (SSSR count). The maximum absolute atomic E-state index is 13.0. The molecule has 0 saturated carbocycles. The van der Waals surface area contributed by atoms with Crippen LogP contribution in [-0.2, 0) is 4.79 Å². The van der Waals surface area contributed by atoms with E-state index in [0.717, 1.165) is 31.6 Å². The minimum absolute atomic E-state index is 0.192. The van der Waals surface area contributed by atoms with E-state index in [-0.39, 0.29) is 17.3 Å². The number of nitriles is 1. The summed E-state index contributed by atoms with van der Waals surface area (Å²) in [5.74, 6) is -0.443. The summed E-state index contributed by atoms with van der Waals surface area (Å²) in [6.07, 6.45) is 3.93. The Morgan fingerprint density at radius 2 is 1.67 bits per heavy atom. The smallest absolute Gasteiger partial charge is 0.266 e. The molecule has 0 N–H and O–H groups in total. The lowest BCUT2D eigenvalue weighted by molar-refractivity contribution is -0.127. The number of carbonyl (C=O) groups is 1. The molecule has 1 aromatic rings. The van der Waals surface area contributed by atoms with Crippen LogP contribution in [0, 0.1) is 17.1 Å². The summed E-state index contributed by atoms with van der Waals surface area (Å²) in [4.78, 5) is 18.4. The summed E-state index contributed by atoms with van der Waals surface area (Å²) in [7, 11) is 0. The van der Waals surface area contributed by atoms with Crippen molar-refractivity contribution in [3.8, 4) is 6.07 Å². The van der Waals surface area contributed by atoms with Crippen molar-refractivity contribution in [2.75, 3.05) is 44.2 Å². The Morgan fingerprint density at radius 1 is 1.04 bits per heavy atom. The SMILES string of the molecule is N#C/C(=C/N1CCCC1)C(=O)N1CCN(c2ccc(F)cc2)CC1. The molecule has 6 heteroatoms. The van der Waals surface area contributed by atoms with Gasteiger partial charge in [0.25, 0.3) is 5.91 Å². The minimum Gasteiger partial charge on any atom is -0.376 e. The third-order valence-electron chi connectivity index (χ3n) is 4.56. The summed E-state index contributed by atoms with van der Waals surface area (Å²) >= 11 is 0. The maximum Gasteiger partial charge on any atom is 0.266 e. The Hall–Kier alpha value is -2.55. The Balaban J connectivity index is 1.60. The van der Waals surface area contributed by atoms with Gasteiger partial charge in [-0.2, -0.15) is 5.26 Å². The van der Waals surface area contributed by atoms with Crippen LogP contribution in [0.25, 0.3) is 0 Å². The molecule has 0 aliphatic carbocycles. The highest BCUT2D eigenvalue weighted by molar-refractivity contribution is 5.97. The van der Waals surface area contributed by atoms with Crippen LogP contribution in [0.15, 0.2) is 36.0 Å². The van der Waals surface area contributed by atoms with Gasteiger partial charge in [0.1, 0.15) is 17.5 Å². The van der Waals surface area contributed by atoms with E-state index in [2.05, 4.69) is 4.90 Å². The lowest BCUT2D eigenvalue weighted by atomic mass is 10.2. The molecule has 0 aromatic heterocycles. The minimum atomic E-state index is -0.252. The maximum atomic E-state index is 13.0. The van der Waals surface area contributed by atoms with E-state index in [9.17, 15) is 14.4 Å². The number of carbonyl (C=O) groups excluding carboxylic acids is 1. The highest BCUT2D eigenvalue weighted by atomic mass is 19.1. The van der Waals surface area contributed by atoms with Crippen LogP contribution in [0.5, 0.6) is 0 Å². The molecule has 126 valence electrons. The zero-order valence-corrected chi connectivity index (χ0v) is 13.6. The molecule has 24 heavy (non-hydrogen) atoms. The molecule has 2 heterocycles. The standard InChI is InChI=1S/C18H21FN4O/c19-16-3-5-17(6-4-16)22-9-11-23(12-10-22)18(24)15(13-20)14-21-7-1-2-8-21/h3-6,14H,1-2,7-12H2/b15-14-. The zero-order chi connectivity index (χ0) is 16.9. The van der Waals surface area contributed by atoms with Crippen LogP contribution in [0.1, 0.15) is 12.8 Å². The number of benzene rings is 1. The van der Waals surface area contributed by atoms with E-state index >= 15 is 0 Å². The number of halogens is 1. The van der Waals surface area contributed by atoms with Gasteiger partial charge in [-0.05, 0) is 37.1 Å². The van der Waals surface area contributed by atoms with Crippen LogP contribution in [-0.4, -0.2) is 55.0 Å². The van der Waals surface area contributed by atoms with Crippen molar-refractivity contribution in [1.29, 1.82) is 5.26 Å². The molecule has 0 spiro atoms. The predicted molar refractivity (Wildman–Crippen MR) is 89.7 cm³/mol. The predicted octanol–water partition coefficient (Wildman–Crippen LogP) is 1.98. The first kappa shape index (κ1) is 16.3. The molecular weight excluding hydrogens is 307 g/mol. The van der Waals surface area contributed by atoms with Gasteiger partial charge in [-0.15, -0.1) is 0 Å². The highest BCUT2D eigenvalue weighted by Crippen LogP contribution is 2.18. The van der Waals surface area contributed by atoms with Crippen molar-refractivity contribution in [3.63, 3.8) is 0 Å². The van der Waals surface area contributed by atoms with Gasteiger partial charge < -0.3 is 14.7 Å². The quantitative estimate of drug-likeness (QED) is 0.629. The van der Waals surface area contributed by atoms with Crippen LogP contribution in [0.2, 0.25) is 0 Å². The van der Waals surface area contributed by atoms with Gasteiger partial charge in [-0.1, -0.05) is 0 Å². The largest absolute Gasteiger partial charge is 0.376 e. The highest BCUT2D eigenvalue weighted by Gasteiger charge is 2.24. The van der Waals surface area contributed by atoms with Gasteiger partial charge in [-0.25, -0.2) is 4.39 Å². The van der Waals surface area contributed by atoms with E-state index < -0.39 is 0 Å². The average Bonchev–Trinajstić information content (AvgIpc) is 3.13. The van der Waals surface area contributed by atoms with Gasteiger partial charge in [0.2, 0.25) is 0 Å². The van der Waals surface area contributed by atoms with Crippen molar-refractivity contribution in [3.05, 3.63) is 41.9 Å². The van der Waals surface area contributed by atoms with E-state index in [1.807, 2.05) is 11.0 Å². The van der Waals surface area contributed by atoms with E-state index in [0.29, 0.717) is 26.2 Å². The fraction of sp³-hybridized carbons (Fsp3) is 0.444. The average molecular weight is 328 g/mol. The first-order valence-corrected chi connectivity index (χ1v) is 8.33. The third-order valence-corrected chi connectivity index (χ3v) is 4.56. The molecule has 0 atom stereocenters. The summed E-state index contributed by atoms with van der Waals surface area (Å²) in [5, 5.41) is 9.31. The summed E-state index contributed by atoms with van der Waals surface area (Å²) < 4.78 is 13.0. The van der Waals surface area contributed by atoms with Crippen molar-refractivity contribution in [1.82, 2.24) is 9.80 Å². The van der Waals surface area contributed by atoms with Gasteiger partial charge in [0.15, 0.2) is 0 Å². The van der Waals surface area contributed by atoms with E-state index in [1.54, 1.807) is 23.2 Å². The van der Waals surface area contributed by atoms with Crippen molar-refractivity contribution >= 4 is 11.6 Å². The van der Waals surface area contributed by atoms with Crippen molar-refractivity contribution < 1.29 is 9.18 Å². The topological polar surface area (TPSA) is 50.6 Å². The van der Waals surface area contributed by atoms with Gasteiger partial charge >= 0.3 is 0 Å². The lowest BCUT2D eigenvalue weighted by Gasteiger charge is -2.36. The van der Waals surface area contributed by atoms with Gasteiger partial charge in [0.05, 0.1) is 0 Å². The molecule has 5 nitrogen and oxygen atoms in total. The van der Waals surface area contributed by atoms with Crippen LogP contribution < -0.4 is 4.90 Å². The molecule has 2 aliphatic rings. The van der Waals surface area contributed by atoms with Crippen molar-refractivity contribution in [2.24, 2.45) is 0 Å². The number of anilines is 1. The molecule has 0 radical (unpaired) electrons. The lowest BCUT2D eigenvalue weighted by Crippen LogP contribution is -2.49. The summed E-state index contributed by atoms with van der Waals surface area (Å²) in [6, 6.07) is 8.44. The number of amides is 1. The monoisotopic (exact) mass is 328 g/mol. The second-order valence-corrected chi connectivity index (χ2v) is 6.15. The Morgan fingerprint density at radius 3 is 2.25 bits per heavy atom. The molecule has 2 aliphatic heterocycles. The third kappa shape index (κ3) is 3.67. The number of piperazine rings is 1. The summed E-state index contributed by atoms with van der Waals surface area (Å²) in [5.41, 5.74) is 1.17. The molecule has 2 fully saturated rings. The molecular formula is C18H21FN4O. The fourth-order valence-electron chi connectivity index (χ4n) is 3.18. The number of hydrogen-bond donors (Lipinski definition) is 0. The number of nitrogens with zero attached hydrogens (tertiary/aromatic N) is 4. The number of hydrogen-bond acceptors (Lipinski definition) is 4. The fourth-order valence-corrected chi connectivity index (χ4v) is 3.18. The zero-order valence-electron chi connectivity index (χ0n) is 13.6. The number of likely N-dealkylation sites (tertiary alicyclic amines) is 1. The van der Waals surface area contributed by atoms with Crippen LogP contribution in [0.3, 0.4) is 0 Å². The summed E-state index contributed by atoms with van der Waals surface area (Å²) in [6.45, 7) is 4.32. The van der Waals surface area contributed by atoms with Gasteiger partial charge in [-0.3, -0.25) is 4.79 Å². The molecule has 0 bridgehead atoms. The van der Waals surface area contributed by atoms with Crippen LogP contribution >= 0.6 is 0 Å². The van der Waals surface area contributed by atoms with E-state index in [4.69, 9.17) is 0 Å². The van der Waals surface area contributed by atoms with Gasteiger partial charge in [0, 0.05) is 51.2 Å². The molecule has 1 amide bonds. The Labute approximate surface area is 141 Å². The number of rotatable bonds is 3. The Bertz CT molecular complexity index is 651. The first-order chi connectivity index (χ1) is 11.7. The van der Waals surface area contributed by atoms with Crippen molar-refractivity contribution in [2.45, 2.75) is 12.8 Å². The Kier molecular flexibility index (Phi) is 4.99. The molecule has 1 aromatic carbocycles. The first-order valence-electron chi connectivity index (χ1n) is 8.33. The van der Waals surface area contributed by atoms with Crippen LogP contribution in [0.4, 0.5) is 10.1 Å². The normalized spacial score (nSPS) is 18.7. The molecule has 2 saturated heterocycles.